The van der Waals surface area contributed by atoms with Crippen LogP contribution in [0.3, 0.4) is 0 Å². The van der Waals surface area contributed by atoms with E-state index in [-0.39, 0.29) is 10.6 Å². The monoisotopic (exact) mass is 326 g/mol. The highest BCUT2D eigenvalue weighted by molar-refractivity contribution is 7.92. The van der Waals surface area contributed by atoms with Crippen LogP contribution in [0.5, 0.6) is 0 Å². The van der Waals surface area contributed by atoms with Crippen LogP contribution in [-0.4, -0.2) is 13.3 Å². The molecule has 0 aliphatic heterocycles. The summed E-state index contributed by atoms with van der Waals surface area (Å²) >= 11 is 5.73. The van der Waals surface area contributed by atoms with Crippen LogP contribution >= 0.6 is 11.6 Å². The van der Waals surface area contributed by atoms with Crippen molar-refractivity contribution in [2.45, 2.75) is 11.8 Å². The van der Waals surface area contributed by atoms with Crippen molar-refractivity contribution in [2.75, 3.05) is 4.72 Å². The number of nitrogens with zero attached hydrogens (tertiary/aromatic N) is 1. The Morgan fingerprint density at radius 3 is 2.33 bits per heavy atom. The predicted octanol–water partition coefficient (Wildman–Crippen LogP) is 3.36. The number of nitro benzene ring substituents is 1. The van der Waals surface area contributed by atoms with Gasteiger partial charge in [0.1, 0.15) is 0 Å². The van der Waals surface area contributed by atoms with Crippen LogP contribution in [0.2, 0.25) is 5.02 Å². The summed E-state index contributed by atoms with van der Waals surface area (Å²) in [5.41, 5.74) is 0.462. The standard InChI is InChI=1S/C13H11ClN2O4S/c1-9-2-7-12(16(17)18)8-13(9)21(19,20)15-11-5-3-10(14)4-6-11/h2-8,15H,1H3. The quantitative estimate of drug-likeness (QED) is 0.689. The van der Waals surface area contributed by atoms with Gasteiger partial charge in [0.05, 0.1) is 9.82 Å². The highest BCUT2D eigenvalue weighted by Gasteiger charge is 2.20. The molecule has 0 aliphatic carbocycles. The number of nitrogens with one attached hydrogen (secondary N) is 1. The van der Waals surface area contributed by atoms with Crippen LogP contribution in [-0.2, 0) is 10.0 Å². The minimum atomic E-state index is -3.91. The first-order valence-electron chi connectivity index (χ1n) is 5.83. The van der Waals surface area contributed by atoms with E-state index in [1.54, 1.807) is 19.1 Å². The smallest absolute Gasteiger partial charge is 0.270 e. The molecule has 0 bridgehead atoms. The second-order valence-electron chi connectivity index (χ2n) is 4.32. The summed E-state index contributed by atoms with van der Waals surface area (Å²) in [5.74, 6) is 0. The molecule has 0 fully saturated rings. The third-order valence-electron chi connectivity index (χ3n) is 2.77. The largest absolute Gasteiger partial charge is 0.280 e. The van der Waals surface area contributed by atoms with Gasteiger partial charge in [0.2, 0.25) is 0 Å². The molecule has 0 radical (unpaired) electrons. The lowest BCUT2D eigenvalue weighted by molar-refractivity contribution is -0.385. The predicted molar refractivity (Wildman–Crippen MR) is 80.1 cm³/mol. The molecule has 2 rings (SSSR count). The van der Waals surface area contributed by atoms with Crippen LogP contribution in [0.1, 0.15) is 5.56 Å². The van der Waals surface area contributed by atoms with E-state index in [2.05, 4.69) is 4.72 Å². The van der Waals surface area contributed by atoms with Gasteiger partial charge in [0, 0.05) is 22.8 Å². The van der Waals surface area contributed by atoms with E-state index in [1.165, 1.54) is 24.3 Å². The summed E-state index contributed by atoms with van der Waals surface area (Å²) < 4.78 is 27.0. The minimum Gasteiger partial charge on any atom is -0.280 e. The van der Waals surface area contributed by atoms with Gasteiger partial charge in [-0.05, 0) is 36.8 Å². The van der Waals surface area contributed by atoms with Crippen molar-refractivity contribution in [3.63, 3.8) is 0 Å². The van der Waals surface area contributed by atoms with Gasteiger partial charge in [0.25, 0.3) is 15.7 Å². The fraction of sp³-hybridized carbons (Fsp3) is 0.0769. The topological polar surface area (TPSA) is 89.3 Å². The fourth-order valence-corrected chi connectivity index (χ4v) is 3.17. The van der Waals surface area contributed by atoms with Gasteiger partial charge in [-0.15, -0.1) is 0 Å². The number of hydrogen-bond acceptors (Lipinski definition) is 4. The van der Waals surface area contributed by atoms with Crippen molar-refractivity contribution in [2.24, 2.45) is 0 Å². The van der Waals surface area contributed by atoms with Crippen LogP contribution in [0.4, 0.5) is 11.4 Å². The number of benzene rings is 2. The maximum Gasteiger partial charge on any atom is 0.270 e. The van der Waals surface area contributed by atoms with E-state index in [1.807, 2.05) is 0 Å². The van der Waals surface area contributed by atoms with Gasteiger partial charge in [-0.3, -0.25) is 14.8 Å². The molecule has 0 heterocycles. The Hall–Kier alpha value is -2.12. The molecule has 0 aliphatic rings. The maximum atomic E-state index is 12.3. The zero-order valence-electron chi connectivity index (χ0n) is 10.9. The molecule has 21 heavy (non-hydrogen) atoms. The van der Waals surface area contributed by atoms with Crippen molar-refractivity contribution in [1.82, 2.24) is 0 Å². The first kappa shape index (κ1) is 15.3. The zero-order chi connectivity index (χ0) is 15.6. The van der Waals surface area contributed by atoms with Gasteiger partial charge >= 0.3 is 0 Å². The normalized spacial score (nSPS) is 11.1. The molecule has 0 amide bonds. The summed E-state index contributed by atoms with van der Waals surface area (Å²) in [7, 11) is -3.91. The van der Waals surface area contributed by atoms with Crippen LogP contribution in [0.25, 0.3) is 0 Å². The number of rotatable bonds is 4. The average molecular weight is 327 g/mol. The third-order valence-corrected chi connectivity index (χ3v) is 4.54. The fourth-order valence-electron chi connectivity index (χ4n) is 1.72. The molecular weight excluding hydrogens is 316 g/mol. The number of nitro groups is 1. The van der Waals surface area contributed by atoms with Crippen LogP contribution in [0.15, 0.2) is 47.4 Å². The molecule has 0 saturated heterocycles. The van der Waals surface area contributed by atoms with Gasteiger partial charge in [0.15, 0.2) is 0 Å². The van der Waals surface area contributed by atoms with E-state index in [0.717, 1.165) is 6.07 Å². The average Bonchev–Trinajstić information content (AvgIpc) is 2.41. The summed E-state index contributed by atoms with van der Waals surface area (Å²) in [6, 6.07) is 9.79. The van der Waals surface area contributed by atoms with Crippen molar-refractivity contribution in [3.05, 3.63) is 63.2 Å². The summed E-state index contributed by atoms with van der Waals surface area (Å²) in [5, 5.41) is 11.2. The van der Waals surface area contributed by atoms with Gasteiger partial charge in [-0.25, -0.2) is 8.42 Å². The Balaban J connectivity index is 2.41. The summed E-state index contributed by atoms with van der Waals surface area (Å²) in [6.07, 6.45) is 0. The molecule has 0 spiro atoms. The van der Waals surface area contributed by atoms with E-state index in [9.17, 15) is 18.5 Å². The number of non-ortho nitro benzene ring substituents is 1. The van der Waals surface area contributed by atoms with Gasteiger partial charge in [-0.1, -0.05) is 17.7 Å². The highest BCUT2D eigenvalue weighted by Crippen LogP contribution is 2.24. The SMILES string of the molecule is Cc1ccc([N+](=O)[O-])cc1S(=O)(=O)Nc1ccc(Cl)cc1. The molecule has 0 saturated carbocycles. The second kappa shape index (κ2) is 5.71. The molecular formula is C13H11ClN2O4S. The molecule has 2 aromatic carbocycles. The number of sulfonamides is 1. The van der Waals surface area contributed by atoms with E-state index in [4.69, 9.17) is 11.6 Å². The minimum absolute atomic E-state index is 0.133. The Morgan fingerprint density at radius 1 is 1.14 bits per heavy atom. The highest BCUT2D eigenvalue weighted by atomic mass is 35.5. The van der Waals surface area contributed by atoms with Gasteiger partial charge in [-0.2, -0.15) is 0 Å². The van der Waals surface area contributed by atoms with E-state index >= 15 is 0 Å². The summed E-state index contributed by atoms with van der Waals surface area (Å²) in [6.45, 7) is 1.57. The van der Waals surface area contributed by atoms with E-state index in [0.29, 0.717) is 16.3 Å². The van der Waals surface area contributed by atoms with Crippen molar-refractivity contribution >= 4 is 33.0 Å². The molecule has 1 N–H and O–H groups in total. The van der Waals surface area contributed by atoms with Crippen molar-refractivity contribution in [1.29, 1.82) is 0 Å². The summed E-state index contributed by atoms with van der Waals surface area (Å²) in [4.78, 5) is 9.99. The molecule has 8 heteroatoms. The lowest BCUT2D eigenvalue weighted by atomic mass is 10.2. The van der Waals surface area contributed by atoms with Crippen LogP contribution in [0, 0.1) is 17.0 Å². The second-order valence-corrected chi connectivity index (χ2v) is 6.41. The molecule has 110 valence electrons. The molecule has 0 atom stereocenters. The number of aryl methyl sites for hydroxylation is 1. The zero-order valence-corrected chi connectivity index (χ0v) is 12.5. The van der Waals surface area contributed by atoms with Crippen molar-refractivity contribution in [3.8, 4) is 0 Å². The Morgan fingerprint density at radius 2 is 1.76 bits per heavy atom. The maximum absolute atomic E-state index is 12.3. The third kappa shape index (κ3) is 3.50. The molecule has 2 aromatic rings. The van der Waals surface area contributed by atoms with Gasteiger partial charge < -0.3 is 0 Å². The Labute approximate surface area is 126 Å². The number of halogens is 1. The first-order chi connectivity index (χ1) is 9.79. The lowest BCUT2D eigenvalue weighted by Gasteiger charge is -2.10. The molecule has 6 nitrogen and oxygen atoms in total. The van der Waals surface area contributed by atoms with E-state index < -0.39 is 14.9 Å². The molecule has 0 aromatic heterocycles. The Bertz CT molecular complexity index is 788. The number of anilines is 1. The molecule has 0 unspecified atom stereocenters. The Kier molecular flexibility index (Phi) is 4.15. The first-order valence-corrected chi connectivity index (χ1v) is 7.69. The van der Waals surface area contributed by atoms with Crippen molar-refractivity contribution < 1.29 is 13.3 Å². The number of hydrogen-bond donors (Lipinski definition) is 1. The van der Waals surface area contributed by atoms with Crippen LogP contribution < -0.4 is 4.72 Å². The lowest BCUT2D eigenvalue weighted by Crippen LogP contribution is -2.14.